The van der Waals surface area contributed by atoms with E-state index in [-0.39, 0.29) is 6.04 Å². The molecule has 0 aliphatic carbocycles. The molecule has 106 valence electrons. The molecule has 1 aliphatic rings. The number of hydrogen-bond acceptors (Lipinski definition) is 3. The second kappa shape index (κ2) is 8.32. The summed E-state index contributed by atoms with van der Waals surface area (Å²) in [6, 6.07) is 0.203. The van der Waals surface area contributed by atoms with Crippen LogP contribution in [0.5, 0.6) is 0 Å². The molecule has 0 amide bonds. The van der Waals surface area contributed by atoms with Crippen LogP contribution in [0.3, 0.4) is 0 Å². The molecular weight excluding hydrogens is 228 g/mol. The largest absolute Gasteiger partial charge is 0.383 e. The number of guanidine groups is 1. The number of aliphatic imine (C=N–C) groups is 1. The van der Waals surface area contributed by atoms with Gasteiger partial charge >= 0.3 is 0 Å². The molecule has 1 aliphatic heterocycles. The molecule has 0 bridgehead atoms. The number of hydrogen-bond donors (Lipinski definition) is 2. The summed E-state index contributed by atoms with van der Waals surface area (Å²) in [6.07, 6.45) is 2.62. The first kappa shape index (κ1) is 15.2. The van der Waals surface area contributed by atoms with Gasteiger partial charge in [0.05, 0.1) is 13.2 Å². The maximum absolute atomic E-state index is 5.81. The molecule has 1 unspecified atom stereocenters. The van der Waals surface area contributed by atoms with Crippen molar-refractivity contribution in [3.05, 3.63) is 0 Å². The Morgan fingerprint density at radius 3 is 2.78 bits per heavy atom. The number of likely N-dealkylation sites (tertiary alicyclic amines) is 1. The van der Waals surface area contributed by atoms with Crippen LogP contribution in [0.15, 0.2) is 4.99 Å². The van der Waals surface area contributed by atoms with Gasteiger partial charge in [-0.15, -0.1) is 0 Å². The average molecular weight is 256 g/mol. The maximum Gasteiger partial charge on any atom is 0.188 e. The molecule has 1 fully saturated rings. The van der Waals surface area contributed by atoms with E-state index in [4.69, 9.17) is 10.5 Å². The van der Waals surface area contributed by atoms with E-state index in [9.17, 15) is 0 Å². The monoisotopic (exact) mass is 256 g/mol. The fraction of sp³-hybridized carbons (Fsp3) is 0.923. The van der Waals surface area contributed by atoms with E-state index >= 15 is 0 Å². The van der Waals surface area contributed by atoms with Crippen molar-refractivity contribution in [2.75, 3.05) is 39.9 Å². The van der Waals surface area contributed by atoms with Crippen molar-refractivity contribution in [2.45, 2.75) is 32.7 Å². The van der Waals surface area contributed by atoms with Crippen molar-refractivity contribution in [1.82, 2.24) is 10.2 Å². The van der Waals surface area contributed by atoms with Crippen LogP contribution in [0.4, 0.5) is 0 Å². The van der Waals surface area contributed by atoms with E-state index < -0.39 is 0 Å². The maximum atomic E-state index is 5.81. The molecule has 0 aromatic heterocycles. The van der Waals surface area contributed by atoms with E-state index in [1.165, 1.54) is 25.9 Å². The summed E-state index contributed by atoms with van der Waals surface area (Å²) < 4.78 is 5.03. The van der Waals surface area contributed by atoms with Crippen LogP contribution in [0.2, 0.25) is 0 Å². The molecule has 1 heterocycles. The van der Waals surface area contributed by atoms with Gasteiger partial charge in [0.1, 0.15) is 0 Å². The number of rotatable bonds is 6. The molecule has 1 saturated heterocycles. The predicted molar refractivity (Wildman–Crippen MR) is 75.8 cm³/mol. The SMILES string of the molecule is COCC(C)NC(N)=NCCN1CCC(C)CC1. The third-order valence-corrected chi connectivity index (χ3v) is 3.39. The summed E-state index contributed by atoms with van der Waals surface area (Å²) in [4.78, 5) is 6.81. The Bertz CT molecular complexity index is 249. The van der Waals surface area contributed by atoms with Crippen LogP contribution in [-0.4, -0.2) is 56.8 Å². The van der Waals surface area contributed by atoms with Crippen LogP contribution in [0.1, 0.15) is 26.7 Å². The highest BCUT2D eigenvalue weighted by molar-refractivity contribution is 5.78. The minimum absolute atomic E-state index is 0.203. The van der Waals surface area contributed by atoms with Gasteiger partial charge in [0.2, 0.25) is 0 Å². The molecule has 3 N–H and O–H groups in total. The summed E-state index contributed by atoms with van der Waals surface area (Å²) in [6.45, 7) is 9.17. The van der Waals surface area contributed by atoms with Crippen molar-refractivity contribution in [2.24, 2.45) is 16.6 Å². The van der Waals surface area contributed by atoms with Crippen molar-refractivity contribution < 1.29 is 4.74 Å². The lowest BCUT2D eigenvalue weighted by atomic mass is 9.99. The zero-order valence-electron chi connectivity index (χ0n) is 12.0. The smallest absolute Gasteiger partial charge is 0.188 e. The number of piperidine rings is 1. The Labute approximate surface area is 111 Å². The third-order valence-electron chi connectivity index (χ3n) is 3.39. The van der Waals surface area contributed by atoms with Gasteiger partial charge in [0.25, 0.3) is 0 Å². The molecule has 5 nitrogen and oxygen atoms in total. The van der Waals surface area contributed by atoms with Crippen molar-refractivity contribution in [1.29, 1.82) is 0 Å². The molecule has 1 atom stereocenters. The van der Waals surface area contributed by atoms with Gasteiger partial charge in [-0.25, -0.2) is 0 Å². The highest BCUT2D eigenvalue weighted by Crippen LogP contribution is 2.15. The van der Waals surface area contributed by atoms with E-state index in [1.54, 1.807) is 7.11 Å². The molecule has 0 radical (unpaired) electrons. The van der Waals surface area contributed by atoms with Crippen LogP contribution in [0.25, 0.3) is 0 Å². The minimum Gasteiger partial charge on any atom is -0.383 e. The van der Waals surface area contributed by atoms with Crippen molar-refractivity contribution in [3.63, 3.8) is 0 Å². The second-order valence-corrected chi connectivity index (χ2v) is 5.29. The topological polar surface area (TPSA) is 62.9 Å². The zero-order chi connectivity index (χ0) is 13.4. The Kier molecular flexibility index (Phi) is 7.05. The first-order chi connectivity index (χ1) is 8.61. The molecule has 0 saturated carbocycles. The number of ether oxygens (including phenoxy) is 1. The second-order valence-electron chi connectivity index (χ2n) is 5.29. The van der Waals surface area contributed by atoms with Crippen LogP contribution >= 0.6 is 0 Å². The van der Waals surface area contributed by atoms with Crippen molar-refractivity contribution in [3.8, 4) is 0 Å². The first-order valence-electron chi connectivity index (χ1n) is 6.89. The Hall–Kier alpha value is -0.810. The third kappa shape index (κ3) is 6.21. The lowest BCUT2D eigenvalue weighted by Crippen LogP contribution is -2.41. The van der Waals surface area contributed by atoms with Gasteiger partial charge < -0.3 is 20.7 Å². The molecule has 0 spiro atoms. The molecule has 0 aromatic rings. The summed E-state index contributed by atoms with van der Waals surface area (Å²) in [5.74, 6) is 1.40. The van der Waals surface area contributed by atoms with Gasteiger partial charge in [-0.05, 0) is 38.8 Å². The average Bonchev–Trinajstić information content (AvgIpc) is 2.32. The lowest BCUT2D eigenvalue weighted by molar-refractivity contribution is 0.179. The number of methoxy groups -OCH3 is 1. The van der Waals surface area contributed by atoms with Gasteiger partial charge in [-0.1, -0.05) is 6.92 Å². The molecule has 5 heteroatoms. The van der Waals surface area contributed by atoms with Gasteiger partial charge in [0, 0.05) is 19.7 Å². The van der Waals surface area contributed by atoms with E-state index in [1.807, 2.05) is 6.92 Å². The fourth-order valence-electron chi connectivity index (χ4n) is 2.19. The highest BCUT2D eigenvalue weighted by atomic mass is 16.5. The Balaban J connectivity index is 2.15. The van der Waals surface area contributed by atoms with E-state index in [0.29, 0.717) is 12.6 Å². The van der Waals surface area contributed by atoms with E-state index in [2.05, 4.69) is 22.1 Å². The van der Waals surface area contributed by atoms with Gasteiger partial charge in [-0.3, -0.25) is 4.99 Å². The zero-order valence-corrected chi connectivity index (χ0v) is 12.0. The van der Waals surface area contributed by atoms with Crippen LogP contribution in [0, 0.1) is 5.92 Å². The molecule has 1 rings (SSSR count). The number of nitrogens with one attached hydrogen (secondary N) is 1. The lowest BCUT2D eigenvalue weighted by Gasteiger charge is -2.29. The summed E-state index contributed by atoms with van der Waals surface area (Å²) in [7, 11) is 1.68. The Morgan fingerprint density at radius 2 is 2.17 bits per heavy atom. The van der Waals surface area contributed by atoms with Gasteiger partial charge in [-0.2, -0.15) is 0 Å². The summed E-state index contributed by atoms with van der Waals surface area (Å²) in [5, 5.41) is 3.11. The summed E-state index contributed by atoms with van der Waals surface area (Å²) >= 11 is 0. The normalized spacial score (nSPS) is 20.9. The minimum atomic E-state index is 0.203. The van der Waals surface area contributed by atoms with Crippen LogP contribution in [-0.2, 0) is 4.74 Å². The highest BCUT2D eigenvalue weighted by Gasteiger charge is 2.14. The quantitative estimate of drug-likeness (QED) is 0.541. The molecule has 0 aromatic carbocycles. The Morgan fingerprint density at radius 1 is 1.50 bits per heavy atom. The molecule has 18 heavy (non-hydrogen) atoms. The van der Waals surface area contributed by atoms with Crippen LogP contribution < -0.4 is 11.1 Å². The predicted octanol–water partition coefficient (Wildman–Crippen LogP) is 0.658. The van der Waals surface area contributed by atoms with Gasteiger partial charge in [0.15, 0.2) is 5.96 Å². The van der Waals surface area contributed by atoms with E-state index in [0.717, 1.165) is 19.0 Å². The standard InChI is InChI=1S/C13H28N4O/c1-11-4-7-17(8-5-11)9-6-15-13(14)16-12(2)10-18-3/h11-12H,4-10H2,1-3H3,(H3,14,15,16). The fourth-order valence-corrected chi connectivity index (χ4v) is 2.19. The number of nitrogens with two attached hydrogens (primary N) is 1. The molecular formula is C13H28N4O. The first-order valence-corrected chi connectivity index (χ1v) is 6.89. The van der Waals surface area contributed by atoms with Crippen molar-refractivity contribution >= 4 is 5.96 Å². The summed E-state index contributed by atoms with van der Waals surface area (Å²) in [5.41, 5.74) is 5.81. The number of nitrogens with zero attached hydrogens (tertiary/aromatic N) is 2.